The van der Waals surface area contributed by atoms with E-state index in [1.165, 1.54) is 80.6 Å². The summed E-state index contributed by atoms with van der Waals surface area (Å²) in [6, 6.07) is 84.2. The van der Waals surface area contributed by atoms with Crippen molar-refractivity contribution in [1.82, 2.24) is 4.57 Å². The zero-order valence-electron chi connectivity index (χ0n) is 33.2. The van der Waals surface area contributed by atoms with E-state index in [1.807, 2.05) is 11.3 Å². The van der Waals surface area contributed by atoms with Crippen LogP contribution in [0, 0.1) is 0 Å². The smallest absolute Gasteiger partial charge is 0.0541 e. The standard InChI is InChI=1S/C58H38N2S/c1-2-15-42-38-43(29-28-39(42)14-1)40-30-34-44(35-31-40)59(54-24-9-6-19-49(54)51-21-13-22-52-50-20-7-12-27-57(50)61-58(51)52)45-36-32-41(33-37-45)46-16-3-8-23-53(46)60-55-25-10-4-17-47(55)48-18-5-11-26-56(48)60/h1-38H. The SMILES string of the molecule is c1ccc(N(c2ccc(-c3ccc4ccccc4c3)cc2)c2ccc(-c3ccccc3-n3c4ccccc4c4ccccc43)cc2)c(-c2cccc3c2sc2ccccc23)c1. The van der Waals surface area contributed by atoms with Gasteiger partial charge in [-0.15, -0.1) is 11.3 Å². The number of para-hydroxylation sites is 4. The summed E-state index contributed by atoms with van der Waals surface area (Å²) >= 11 is 1.88. The fourth-order valence-electron chi connectivity index (χ4n) is 9.34. The zero-order chi connectivity index (χ0) is 40.3. The lowest BCUT2D eigenvalue weighted by Gasteiger charge is -2.28. The lowest BCUT2D eigenvalue weighted by atomic mass is 9.98. The van der Waals surface area contributed by atoms with Crippen molar-refractivity contribution < 1.29 is 0 Å². The van der Waals surface area contributed by atoms with E-state index in [0.717, 1.165) is 28.3 Å². The van der Waals surface area contributed by atoms with E-state index in [-0.39, 0.29) is 0 Å². The third-order valence-electron chi connectivity index (χ3n) is 12.2. The van der Waals surface area contributed by atoms with E-state index in [4.69, 9.17) is 0 Å². The molecule has 10 aromatic carbocycles. The fraction of sp³-hybridized carbons (Fsp3) is 0. The van der Waals surface area contributed by atoms with Crippen molar-refractivity contribution in [2.24, 2.45) is 0 Å². The van der Waals surface area contributed by atoms with E-state index < -0.39 is 0 Å². The van der Waals surface area contributed by atoms with E-state index in [2.05, 4.69) is 240 Å². The first-order valence-corrected chi connectivity index (χ1v) is 21.7. The van der Waals surface area contributed by atoms with Gasteiger partial charge >= 0.3 is 0 Å². The third-order valence-corrected chi connectivity index (χ3v) is 13.4. The molecule has 0 spiro atoms. The Balaban J connectivity index is 1.01. The van der Waals surface area contributed by atoms with Gasteiger partial charge in [-0.2, -0.15) is 0 Å². The monoisotopic (exact) mass is 794 g/mol. The molecule has 61 heavy (non-hydrogen) atoms. The zero-order valence-corrected chi connectivity index (χ0v) is 34.1. The highest BCUT2D eigenvalue weighted by Gasteiger charge is 2.21. The number of rotatable bonds is 7. The van der Waals surface area contributed by atoms with E-state index in [1.54, 1.807) is 0 Å². The highest BCUT2D eigenvalue weighted by molar-refractivity contribution is 7.26. The van der Waals surface area contributed by atoms with E-state index in [9.17, 15) is 0 Å². The van der Waals surface area contributed by atoms with Crippen LogP contribution in [0.5, 0.6) is 0 Å². The molecule has 0 radical (unpaired) electrons. The van der Waals surface area contributed by atoms with Crippen molar-refractivity contribution in [2.75, 3.05) is 4.90 Å². The number of hydrogen-bond donors (Lipinski definition) is 0. The van der Waals surface area contributed by atoms with Gasteiger partial charge in [-0.25, -0.2) is 0 Å². The molecule has 12 aromatic rings. The summed E-state index contributed by atoms with van der Waals surface area (Å²) in [5.74, 6) is 0. The molecule has 0 saturated heterocycles. The Morgan fingerprint density at radius 3 is 1.64 bits per heavy atom. The number of anilines is 3. The molecule has 0 aliphatic rings. The Morgan fingerprint density at radius 2 is 0.885 bits per heavy atom. The molecule has 12 rings (SSSR count). The van der Waals surface area contributed by atoms with Crippen molar-refractivity contribution in [3.63, 3.8) is 0 Å². The molecule has 0 bridgehead atoms. The first-order chi connectivity index (χ1) is 30.3. The van der Waals surface area contributed by atoms with Gasteiger partial charge in [0.05, 0.1) is 22.4 Å². The number of fused-ring (bicyclic) bond motifs is 7. The Hall–Kier alpha value is -7.72. The van der Waals surface area contributed by atoms with Crippen molar-refractivity contribution in [1.29, 1.82) is 0 Å². The maximum absolute atomic E-state index is 2.42. The number of thiophene rings is 1. The maximum atomic E-state index is 2.42. The van der Waals surface area contributed by atoms with Crippen LogP contribution in [0.3, 0.4) is 0 Å². The lowest BCUT2D eigenvalue weighted by Crippen LogP contribution is -2.11. The molecule has 0 unspecified atom stereocenters. The maximum Gasteiger partial charge on any atom is 0.0541 e. The molecule has 3 heteroatoms. The summed E-state index contributed by atoms with van der Waals surface area (Å²) in [6.07, 6.45) is 0. The molecule has 0 atom stereocenters. The van der Waals surface area contributed by atoms with Crippen LogP contribution in [-0.4, -0.2) is 4.57 Å². The summed E-state index contributed by atoms with van der Waals surface area (Å²) < 4.78 is 5.03. The molecule has 0 amide bonds. The number of nitrogens with zero attached hydrogens (tertiary/aromatic N) is 2. The molecule has 0 saturated carbocycles. The van der Waals surface area contributed by atoms with Crippen molar-refractivity contribution >= 4 is 81.1 Å². The Labute approximate surface area is 358 Å². The third kappa shape index (κ3) is 5.93. The van der Waals surface area contributed by atoms with Crippen LogP contribution >= 0.6 is 11.3 Å². The van der Waals surface area contributed by atoms with Gasteiger partial charge in [0.15, 0.2) is 0 Å². The topological polar surface area (TPSA) is 8.17 Å². The van der Waals surface area contributed by atoms with Crippen molar-refractivity contribution in [3.8, 4) is 39.1 Å². The van der Waals surface area contributed by atoms with Gasteiger partial charge in [0.25, 0.3) is 0 Å². The molecule has 0 N–H and O–H groups in total. The highest BCUT2D eigenvalue weighted by atomic mass is 32.1. The van der Waals surface area contributed by atoms with E-state index in [0.29, 0.717) is 0 Å². The number of hydrogen-bond acceptors (Lipinski definition) is 2. The van der Waals surface area contributed by atoms with Gasteiger partial charge in [0, 0.05) is 59.0 Å². The van der Waals surface area contributed by atoms with Crippen LogP contribution in [0.25, 0.3) is 91.8 Å². The van der Waals surface area contributed by atoms with Crippen LogP contribution in [0.4, 0.5) is 17.1 Å². The summed E-state index contributed by atoms with van der Waals surface area (Å²) in [5.41, 5.74) is 14.1. The minimum absolute atomic E-state index is 1.09. The van der Waals surface area contributed by atoms with Gasteiger partial charge < -0.3 is 9.47 Å². The second-order valence-corrected chi connectivity index (χ2v) is 16.7. The number of aromatic nitrogens is 1. The van der Waals surface area contributed by atoms with Gasteiger partial charge in [0.2, 0.25) is 0 Å². The summed E-state index contributed by atoms with van der Waals surface area (Å²) in [7, 11) is 0. The number of benzene rings is 10. The first kappa shape index (κ1) is 35.2. The molecular formula is C58H38N2S. The largest absolute Gasteiger partial charge is 0.310 e. The van der Waals surface area contributed by atoms with Crippen LogP contribution < -0.4 is 4.90 Å². The molecule has 0 aliphatic carbocycles. The Bertz CT molecular complexity index is 3540. The van der Waals surface area contributed by atoms with Crippen molar-refractivity contribution in [2.45, 2.75) is 0 Å². The lowest BCUT2D eigenvalue weighted by molar-refractivity contribution is 1.18. The minimum atomic E-state index is 1.09. The predicted molar refractivity (Wildman–Crippen MR) is 262 cm³/mol. The van der Waals surface area contributed by atoms with Crippen LogP contribution in [0.15, 0.2) is 231 Å². The Morgan fingerprint density at radius 1 is 0.344 bits per heavy atom. The molecule has 0 fully saturated rings. The first-order valence-electron chi connectivity index (χ1n) is 20.8. The molecule has 0 aliphatic heterocycles. The quantitative estimate of drug-likeness (QED) is 0.156. The second kappa shape index (κ2) is 14.5. The van der Waals surface area contributed by atoms with Gasteiger partial charge in [-0.05, 0) is 88.1 Å². The van der Waals surface area contributed by atoms with Gasteiger partial charge in [-0.1, -0.05) is 170 Å². The van der Waals surface area contributed by atoms with Crippen LogP contribution in [0.1, 0.15) is 0 Å². The molecule has 2 nitrogen and oxygen atoms in total. The average Bonchev–Trinajstić information content (AvgIpc) is 3.88. The fourth-order valence-corrected chi connectivity index (χ4v) is 10.6. The average molecular weight is 795 g/mol. The molecule has 2 aromatic heterocycles. The summed E-state index contributed by atoms with van der Waals surface area (Å²) in [4.78, 5) is 2.42. The molecular weight excluding hydrogens is 757 g/mol. The highest BCUT2D eigenvalue weighted by Crippen LogP contribution is 2.46. The normalized spacial score (nSPS) is 11.6. The van der Waals surface area contributed by atoms with Crippen molar-refractivity contribution in [3.05, 3.63) is 231 Å². The van der Waals surface area contributed by atoms with Gasteiger partial charge in [-0.3, -0.25) is 0 Å². The van der Waals surface area contributed by atoms with Crippen LogP contribution in [-0.2, 0) is 0 Å². The summed E-state index contributed by atoms with van der Waals surface area (Å²) in [6.45, 7) is 0. The van der Waals surface area contributed by atoms with Gasteiger partial charge in [0.1, 0.15) is 0 Å². The molecule has 286 valence electrons. The molecule has 2 heterocycles. The Kier molecular flexibility index (Phi) is 8.39. The summed E-state index contributed by atoms with van der Waals surface area (Å²) in [5, 5.41) is 7.62. The van der Waals surface area contributed by atoms with E-state index >= 15 is 0 Å². The van der Waals surface area contributed by atoms with Crippen LogP contribution in [0.2, 0.25) is 0 Å². The second-order valence-electron chi connectivity index (χ2n) is 15.7. The predicted octanol–water partition coefficient (Wildman–Crippen LogP) is 16.8. The minimum Gasteiger partial charge on any atom is -0.310 e.